The Kier molecular flexibility index (Phi) is 2.97. The van der Waals surface area contributed by atoms with E-state index >= 15 is 0 Å². The minimum Gasteiger partial charge on any atom is -0.480 e. The van der Waals surface area contributed by atoms with Crippen LogP contribution in [0.3, 0.4) is 0 Å². The van der Waals surface area contributed by atoms with E-state index in [2.05, 4.69) is 10.3 Å². The fourth-order valence-electron chi connectivity index (χ4n) is 2.39. The second-order valence-electron chi connectivity index (χ2n) is 5.10. The minimum absolute atomic E-state index is 0.161. The van der Waals surface area contributed by atoms with Crippen molar-refractivity contribution in [2.75, 3.05) is 0 Å². The number of pyridine rings is 1. The van der Waals surface area contributed by atoms with E-state index in [0.717, 1.165) is 6.42 Å². The highest BCUT2D eigenvalue weighted by atomic mass is 16.4. The Bertz CT molecular complexity index is 792. The molecule has 0 aliphatic heterocycles. The molecule has 7 heteroatoms. The number of carbonyl (C=O) groups excluding carboxylic acids is 1. The van der Waals surface area contributed by atoms with E-state index in [1.54, 1.807) is 18.2 Å². The van der Waals surface area contributed by atoms with E-state index in [-0.39, 0.29) is 5.56 Å². The molecule has 0 atom stereocenters. The average molecular weight is 287 g/mol. The average Bonchev–Trinajstić information content (AvgIpc) is 2.43. The molecule has 108 valence electrons. The van der Waals surface area contributed by atoms with Gasteiger partial charge in [0.2, 0.25) is 0 Å². The Morgan fingerprint density at radius 1 is 1.33 bits per heavy atom. The van der Waals surface area contributed by atoms with Crippen molar-refractivity contribution in [3.8, 4) is 0 Å². The van der Waals surface area contributed by atoms with E-state index in [4.69, 9.17) is 0 Å². The smallest absolute Gasteiger partial charge is 0.329 e. The molecule has 0 spiro atoms. The van der Waals surface area contributed by atoms with Crippen LogP contribution in [-0.2, 0) is 4.79 Å². The van der Waals surface area contributed by atoms with Crippen molar-refractivity contribution >= 4 is 17.5 Å². The van der Waals surface area contributed by atoms with Crippen LogP contribution in [0.15, 0.2) is 35.4 Å². The molecule has 0 unspecified atom stereocenters. The molecule has 2 N–H and O–H groups in total. The van der Waals surface area contributed by atoms with Crippen LogP contribution in [-0.4, -0.2) is 31.9 Å². The number of carboxylic acid groups (broad SMARTS) is 1. The highest BCUT2D eigenvalue weighted by Gasteiger charge is 2.46. The Balaban J connectivity index is 1.97. The normalized spacial score (nSPS) is 16.2. The molecular weight excluding hydrogens is 274 g/mol. The maximum Gasteiger partial charge on any atom is 0.329 e. The lowest BCUT2D eigenvalue weighted by atomic mass is 9.76. The van der Waals surface area contributed by atoms with Crippen LogP contribution in [0.5, 0.6) is 0 Å². The molecule has 7 nitrogen and oxygen atoms in total. The highest BCUT2D eigenvalue weighted by Crippen LogP contribution is 2.32. The van der Waals surface area contributed by atoms with Crippen LogP contribution in [0.2, 0.25) is 0 Å². The SMILES string of the molecule is O=C(NC1(C(=O)O)CCC1)c1cnc2ccccn2c1=O. The summed E-state index contributed by atoms with van der Waals surface area (Å²) in [5.41, 5.74) is -1.50. The van der Waals surface area contributed by atoms with Crippen LogP contribution < -0.4 is 10.9 Å². The van der Waals surface area contributed by atoms with Gasteiger partial charge in [0.15, 0.2) is 0 Å². The molecule has 3 rings (SSSR count). The number of amides is 1. The van der Waals surface area contributed by atoms with E-state index < -0.39 is 23.0 Å². The first-order chi connectivity index (χ1) is 10.0. The minimum atomic E-state index is -1.25. The first-order valence-corrected chi connectivity index (χ1v) is 6.56. The molecule has 2 heterocycles. The third kappa shape index (κ3) is 2.06. The maximum absolute atomic E-state index is 12.2. The lowest BCUT2D eigenvalue weighted by Gasteiger charge is -2.38. The second-order valence-corrected chi connectivity index (χ2v) is 5.10. The first kappa shape index (κ1) is 13.3. The summed E-state index contributed by atoms with van der Waals surface area (Å²) in [6.45, 7) is 0. The van der Waals surface area contributed by atoms with Gasteiger partial charge in [0.25, 0.3) is 11.5 Å². The molecule has 0 aromatic carbocycles. The summed E-state index contributed by atoms with van der Waals surface area (Å²) in [5, 5.41) is 11.7. The molecular formula is C14H13N3O4. The van der Waals surface area contributed by atoms with Gasteiger partial charge in [-0.2, -0.15) is 0 Å². The molecule has 2 aromatic heterocycles. The summed E-state index contributed by atoms with van der Waals surface area (Å²) in [4.78, 5) is 39.7. The van der Waals surface area contributed by atoms with Crippen molar-refractivity contribution < 1.29 is 14.7 Å². The zero-order chi connectivity index (χ0) is 15.0. The van der Waals surface area contributed by atoms with Gasteiger partial charge in [-0.1, -0.05) is 6.07 Å². The van der Waals surface area contributed by atoms with Crippen LogP contribution in [0.4, 0.5) is 0 Å². The molecule has 2 aromatic rings. The lowest BCUT2D eigenvalue weighted by molar-refractivity contribution is -0.148. The van der Waals surface area contributed by atoms with Crippen LogP contribution >= 0.6 is 0 Å². The van der Waals surface area contributed by atoms with Crippen molar-refractivity contribution in [2.24, 2.45) is 0 Å². The molecule has 0 saturated heterocycles. The van der Waals surface area contributed by atoms with E-state index in [1.165, 1.54) is 16.8 Å². The number of aromatic nitrogens is 2. The van der Waals surface area contributed by atoms with Gasteiger partial charge in [0, 0.05) is 12.4 Å². The molecule has 1 aliphatic rings. The zero-order valence-electron chi connectivity index (χ0n) is 11.1. The fourth-order valence-corrected chi connectivity index (χ4v) is 2.39. The number of nitrogens with one attached hydrogen (secondary N) is 1. The van der Waals surface area contributed by atoms with E-state index in [9.17, 15) is 19.5 Å². The molecule has 0 bridgehead atoms. The molecule has 0 radical (unpaired) electrons. The Morgan fingerprint density at radius 2 is 2.10 bits per heavy atom. The number of hydrogen-bond donors (Lipinski definition) is 2. The Morgan fingerprint density at radius 3 is 2.71 bits per heavy atom. The van der Waals surface area contributed by atoms with E-state index in [0.29, 0.717) is 18.5 Å². The third-order valence-electron chi connectivity index (χ3n) is 3.83. The number of carboxylic acids is 1. The quantitative estimate of drug-likeness (QED) is 0.852. The van der Waals surface area contributed by atoms with Gasteiger partial charge in [-0.05, 0) is 31.4 Å². The number of fused-ring (bicyclic) bond motifs is 1. The summed E-state index contributed by atoms with van der Waals surface area (Å²) in [7, 11) is 0. The largest absolute Gasteiger partial charge is 0.480 e. The number of carbonyl (C=O) groups is 2. The Labute approximate surface area is 119 Å². The highest BCUT2D eigenvalue weighted by molar-refractivity contribution is 5.97. The topological polar surface area (TPSA) is 101 Å². The fraction of sp³-hybridized carbons (Fsp3) is 0.286. The number of nitrogens with zero attached hydrogens (tertiary/aromatic N) is 2. The standard InChI is InChI=1S/C14H13N3O4/c18-11(16-14(13(20)21)5-3-6-14)9-8-15-10-4-1-2-7-17(10)12(9)19/h1-2,4,7-8H,3,5-6H2,(H,16,18)(H,20,21). The van der Waals surface area contributed by atoms with Gasteiger partial charge >= 0.3 is 5.97 Å². The molecule has 21 heavy (non-hydrogen) atoms. The van der Waals surface area contributed by atoms with Gasteiger partial charge in [0.1, 0.15) is 16.7 Å². The van der Waals surface area contributed by atoms with Crippen LogP contribution in [0, 0.1) is 0 Å². The van der Waals surface area contributed by atoms with Crippen molar-refractivity contribution in [1.29, 1.82) is 0 Å². The summed E-state index contributed by atoms with van der Waals surface area (Å²) >= 11 is 0. The third-order valence-corrected chi connectivity index (χ3v) is 3.83. The van der Waals surface area contributed by atoms with Crippen molar-refractivity contribution in [1.82, 2.24) is 14.7 Å². The van der Waals surface area contributed by atoms with E-state index in [1.807, 2.05) is 0 Å². The summed E-state index contributed by atoms with van der Waals surface area (Å²) in [6, 6.07) is 5.03. The molecule has 1 aliphatic carbocycles. The molecule has 1 amide bonds. The molecule has 1 saturated carbocycles. The number of rotatable bonds is 3. The van der Waals surface area contributed by atoms with Crippen molar-refractivity contribution in [2.45, 2.75) is 24.8 Å². The summed E-state index contributed by atoms with van der Waals surface area (Å²) in [6.07, 6.45) is 4.17. The maximum atomic E-state index is 12.2. The first-order valence-electron chi connectivity index (χ1n) is 6.56. The second kappa shape index (κ2) is 4.69. The van der Waals surface area contributed by atoms with Crippen LogP contribution in [0.25, 0.3) is 5.65 Å². The summed E-state index contributed by atoms with van der Waals surface area (Å²) in [5.74, 6) is -1.77. The van der Waals surface area contributed by atoms with Crippen molar-refractivity contribution in [3.63, 3.8) is 0 Å². The lowest BCUT2D eigenvalue weighted by Crippen LogP contribution is -2.59. The monoisotopic (exact) mass is 287 g/mol. The van der Waals surface area contributed by atoms with Gasteiger partial charge in [-0.25, -0.2) is 9.78 Å². The zero-order valence-corrected chi connectivity index (χ0v) is 11.1. The van der Waals surface area contributed by atoms with Crippen molar-refractivity contribution in [3.05, 3.63) is 46.5 Å². The van der Waals surface area contributed by atoms with Gasteiger partial charge in [0.05, 0.1) is 0 Å². The van der Waals surface area contributed by atoms with Gasteiger partial charge < -0.3 is 10.4 Å². The van der Waals surface area contributed by atoms with Crippen LogP contribution in [0.1, 0.15) is 29.6 Å². The summed E-state index contributed by atoms with van der Waals surface area (Å²) < 4.78 is 1.25. The Hall–Kier alpha value is -2.70. The number of hydrogen-bond acceptors (Lipinski definition) is 4. The van der Waals surface area contributed by atoms with Gasteiger partial charge in [-0.15, -0.1) is 0 Å². The molecule has 1 fully saturated rings. The number of aliphatic carboxylic acids is 1. The predicted molar refractivity (Wildman–Crippen MR) is 73.1 cm³/mol. The predicted octanol–water partition coefficient (Wildman–Crippen LogP) is 0.432. The van der Waals surface area contributed by atoms with Gasteiger partial charge in [-0.3, -0.25) is 14.0 Å².